The molecule has 4 nitrogen and oxygen atoms in total. The Morgan fingerprint density at radius 1 is 1.29 bits per heavy atom. The van der Waals surface area contributed by atoms with E-state index in [1.165, 1.54) is 11.3 Å². The summed E-state index contributed by atoms with van der Waals surface area (Å²) < 4.78 is 39.4. The van der Waals surface area contributed by atoms with Crippen molar-refractivity contribution in [2.75, 3.05) is 0 Å². The number of amides is 1. The normalized spacial score (nSPS) is 11.6. The number of hydrogen-bond donors (Lipinski definition) is 1. The van der Waals surface area contributed by atoms with Gasteiger partial charge < -0.3 is 10.3 Å². The maximum Gasteiger partial charge on any atom is 0.431 e. The fraction of sp³-hybridized carbons (Fsp3) is 0.231. The molecule has 0 spiro atoms. The molecular formula is C13H11F3N2O2S. The Bertz CT molecular complexity index is 705. The summed E-state index contributed by atoms with van der Waals surface area (Å²) >= 11 is 1.38. The first-order valence-corrected chi connectivity index (χ1v) is 6.82. The zero-order valence-electron chi connectivity index (χ0n) is 10.7. The van der Waals surface area contributed by atoms with Crippen molar-refractivity contribution in [3.8, 4) is 0 Å². The molecule has 2 aromatic heterocycles. The number of thiophene rings is 1. The van der Waals surface area contributed by atoms with Crippen LogP contribution in [0.4, 0.5) is 13.2 Å². The number of halogens is 3. The van der Waals surface area contributed by atoms with E-state index in [-0.39, 0.29) is 13.0 Å². The van der Waals surface area contributed by atoms with E-state index in [9.17, 15) is 22.8 Å². The van der Waals surface area contributed by atoms with Crippen LogP contribution in [0.5, 0.6) is 0 Å². The number of carbonyl (C=O) groups is 1. The third-order valence-corrected chi connectivity index (χ3v) is 3.83. The highest BCUT2D eigenvalue weighted by atomic mass is 32.1. The quantitative estimate of drug-likeness (QED) is 0.940. The Morgan fingerprint density at radius 2 is 2.00 bits per heavy atom. The summed E-state index contributed by atoms with van der Waals surface area (Å²) in [7, 11) is 0. The maximum atomic E-state index is 13.0. The Hall–Kier alpha value is -2.09. The first-order valence-electron chi connectivity index (χ1n) is 5.94. The number of rotatable bonds is 4. The van der Waals surface area contributed by atoms with Gasteiger partial charge in [0.2, 0.25) is 0 Å². The molecule has 2 heterocycles. The molecule has 0 fully saturated rings. The largest absolute Gasteiger partial charge is 0.431 e. The van der Waals surface area contributed by atoms with Crippen molar-refractivity contribution in [3.05, 3.63) is 56.1 Å². The second kappa shape index (κ2) is 5.72. The average molecular weight is 316 g/mol. The van der Waals surface area contributed by atoms with Crippen LogP contribution < -0.4 is 11.3 Å². The number of primary amides is 1. The topological polar surface area (TPSA) is 65.1 Å². The third kappa shape index (κ3) is 3.33. The molecule has 112 valence electrons. The van der Waals surface area contributed by atoms with E-state index < -0.39 is 28.9 Å². The molecule has 0 saturated heterocycles. The minimum absolute atomic E-state index is 0.171. The summed E-state index contributed by atoms with van der Waals surface area (Å²) in [5.41, 5.74) is 2.44. The van der Waals surface area contributed by atoms with Crippen molar-refractivity contribution < 1.29 is 18.0 Å². The predicted octanol–water partition coefficient (Wildman–Crippen LogP) is 2.27. The van der Waals surface area contributed by atoms with Crippen molar-refractivity contribution in [1.29, 1.82) is 0 Å². The highest BCUT2D eigenvalue weighted by molar-refractivity contribution is 7.09. The lowest BCUT2D eigenvalue weighted by Gasteiger charge is -2.15. The van der Waals surface area contributed by atoms with Crippen LogP contribution in [0.1, 0.15) is 20.9 Å². The molecule has 2 rings (SSSR count). The van der Waals surface area contributed by atoms with Crippen molar-refractivity contribution in [3.63, 3.8) is 0 Å². The van der Waals surface area contributed by atoms with E-state index in [1.54, 1.807) is 17.5 Å². The molecule has 0 saturated carbocycles. The Kier molecular flexibility index (Phi) is 4.17. The first-order chi connectivity index (χ1) is 9.80. The van der Waals surface area contributed by atoms with Gasteiger partial charge in [0.15, 0.2) is 0 Å². The lowest BCUT2D eigenvalue weighted by atomic mass is 10.2. The Balaban J connectivity index is 2.46. The molecule has 0 aliphatic rings. The van der Waals surface area contributed by atoms with E-state index in [0.717, 1.165) is 10.9 Å². The molecular weight excluding hydrogens is 305 g/mol. The van der Waals surface area contributed by atoms with Gasteiger partial charge in [-0.15, -0.1) is 11.3 Å². The average Bonchev–Trinajstić information content (AvgIpc) is 2.88. The summed E-state index contributed by atoms with van der Waals surface area (Å²) in [6, 6.07) is 5.05. The van der Waals surface area contributed by atoms with Gasteiger partial charge in [0.1, 0.15) is 11.3 Å². The molecule has 2 aromatic rings. The second-order valence-corrected chi connectivity index (χ2v) is 5.31. The lowest BCUT2D eigenvalue weighted by molar-refractivity contribution is -0.144. The molecule has 8 heteroatoms. The monoisotopic (exact) mass is 316 g/mol. The van der Waals surface area contributed by atoms with Crippen molar-refractivity contribution in [2.45, 2.75) is 19.1 Å². The van der Waals surface area contributed by atoms with Gasteiger partial charge in [-0.05, 0) is 30.0 Å². The predicted molar refractivity (Wildman–Crippen MR) is 72.2 cm³/mol. The molecule has 0 aromatic carbocycles. The van der Waals surface area contributed by atoms with Gasteiger partial charge >= 0.3 is 6.18 Å². The third-order valence-electron chi connectivity index (χ3n) is 2.89. The zero-order chi connectivity index (χ0) is 15.6. The highest BCUT2D eigenvalue weighted by Gasteiger charge is 2.35. The summed E-state index contributed by atoms with van der Waals surface area (Å²) in [6.45, 7) is -0.171. The van der Waals surface area contributed by atoms with Crippen molar-refractivity contribution in [1.82, 2.24) is 4.57 Å². The number of nitrogens with zero attached hydrogens (tertiary/aromatic N) is 1. The van der Waals surface area contributed by atoms with Gasteiger partial charge in [0.25, 0.3) is 11.5 Å². The van der Waals surface area contributed by atoms with Gasteiger partial charge in [-0.25, -0.2) is 0 Å². The van der Waals surface area contributed by atoms with Gasteiger partial charge in [-0.3, -0.25) is 9.59 Å². The minimum atomic E-state index is -4.68. The van der Waals surface area contributed by atoms with Crippen molar-refractivity contribution in [2.24, 2.45) is 5.73 Å². The fourth-order valence-corrected chi connectivity index (χ4v) is 2.61. The van der Waals surface area contributed by atoms with Crippen molar-refractivity contribution >= 4 is 17.2 Å². The maximum absolute atomic E-state index is 13.0. The highest BCUT2D eigenvalue weighted by Crippen LogP contribution is 2.28. The van der Waals surface area contributed by atoms with E-state index in [1.807, 2.05) is 0 Å². The molecule has 1 amide bonds. The second-order valence-electron chi connectivity index (χ2n) is 4.28. The lowest BCUT2D eigenvalue weighted by Crippen LogP contribution is -2.34. The van der Waals surface area contributed by atoms with E-state index in [0.29, 0.717) is 10.6 Å². The summed E-state index contributed by atoms with van der Waals surface area (Å²) in [4.78, 5) is 23.9. The molecule has 2 N–H and O–H groups in total. The van der Waals surface area contributed by atoms with E-state index >= 15 is 0 Å². The Morgan fingerprint density at radius 3 is 2.52 bits per heavy atom. The molecule has 0 aliphatic carbocycles. The van der Waals surface area contributed by atoms with Crippen LogP contribution in [0, 0.1) is 0 Å². The molecule has 0 bridgehead atoms. The van der Waals surface area contributed by atoms with Gasteiger partial charge in [-0.1, -0.05) is 6.07 Å². The summed E-state index contributed by atoms with van der Waals surface area (Å²) in [5, 5.41) is 1.79. The van der Waals surface area contributed by atoms with E-state index in [4.69, 9.17) is 5.73 Å². The Labute approximate surface area is 121 Å². The standard InChI is InChI=1S/C13H11F3N2O2S/c14-13(15,16)10-4-3-9(11(17)19)12(20)18(10)6-5-8-2-1-7-21-8/h1-4,7H,5-6H2,(H2,17,19). The van der Waals surface area contributed by atoms with Gasteiger partial charge in [0, 0.05) is 11.4 Å². The van der Waals surface area contributed by atoms with Crippen LogP contribution >= 0.6 is 11.3 Å². The SMILES string of the molecule is NC(=O)c1ccc(C(F)(F)F)n(CCc2cccs2)c1=O. The van der Waals surface area contributed by atoms with Crippen LogP contribution in [0.25, 0.3) is 0 Å². The number of aromatic nitrogens is 1. The minimum Gasteiger partial charge on any atom is -0.365 e. The fourth-order valence-electron chi connectivity index (χ4n) is 1.91. The van der Waals surface area contributed by atoms with Crippen LogP contribution in [-0.2, 0) is 19.1 Å². The molecule has 0 atom stereocenters. The molecule has 0 radical (unpaired) electrons. The molecule has 0 aliphatic heterocycles. The zero-order valence-corrected chi connectivity index (χ0v) is 11.5. The number of hydrogen-bond acceptors (Lipinski definition) is 3. The smallest absolute Gasteiger partial charge is 0.365 e. The summed E-state index contributed by atoms with van der Waals surface area (Å²) in [6.07, 6.45) is -4.41. The van der Waals surface area contributed by atoms with Gasteiger partial charge in [-0.2, -0.15) is 13.2 Å². The van der Waals surface area contributed by atoms with Crippen LogP contribution in [0.3, 0.4) is 0 Å². The number of alkyl halides is 3. The van der Waals surface area contributed by atoms with E-state index in [2.05, 4.69) is 0 Å². The van der Waals surface area contributed by atoms with Crippen LogP contribution in [-0.4, -0.2) is 10.5 Å². The summed E-state index contributed by atoms with van der Waals surface area (Å²) in [5.74, 6) is -1.04. The molecule has 21 heavy (non-hydrogen) atoms. The molecule has 0 unspecified atom stereocenters. The number of carbonyl (C=O) groups excluding carboxylic acids is 1. The van der Waals surface area contributed by atoms with Gasteiger partial charge in [0.05, 0.1) is 0 Å². The van der Waals surface area contributed by atoms with Crippen LogP contribution in [0.2, 0.25) is 0 Å². The number of nitrogens with two attached hydrogens (primary N) is 1. The number of aryl methyl sites for hydroxylation is 1. The van der Waals surface area contributed by atoms with Crippen LogP contribution in [0.15, 0.2) is 34.4 Å². The first kappa shape index (κ1) is 15.3. The number of pyridine rings is 1.